The van der Waals surface area contributed by atoms with Gasteiger partial charge >= 0.3 is 0 Å². The Labute approximate surface area is 108 Å². The minimum absolute atomic E-state index is 0.414. The second-order valence-corrected chi connectivity index (χ2v) is 4.05. The molecule has 0 bridgehead atoms. The Morgan fingerprint density at radius 1 is 1.28 bits per heavy atom. The van der Waals surface area contributed by atoms with E-state index in [2.05, 4.69) is 12.1 Å². The van der Waals surface area contributed by atoms with Crippen LogP contribution in [0.1, 0.15) is 25.3 Å². The smallest absolute Gasteiger partial charge is 0.101 e. The third-order valence-corrected chi connectivity index (χ3v) is 2.62. The van der Waals surface area contributed by atoms with E-state index in [1.54, 1.807) is 13.0 Å². The van der Waals surface area contributed by atoms with Crippen molar-refractivity contribution < 1.29 is 0 Å². The molecule has 0 radical (unpaired) electrons. The topological polar surface area (TPSA) is 74.7 Å². The fraction of sp³-hybridized carbons (Fsp3) is 0.357. The zero-order valence-corrected chi connectivity index (χ0v) is 10.5. The van der Waals surface area contributed by atoms with Gasteiger partial charge in [-0.05, 0) is 19.1 Å². The van der Waals surface area contributed by atoms with E-state index in [1.165, 1.54) is 0 Å². The van der Waals surface area contributed by atoms with Crippen molar-refractivity contribution in [3.8, 4) is 12.1 Å². The molecule has 92 valence electrons. The third-order valence-electron chi connectivity index (χ3n) is 2.62. The Morgan fingerprint density at radius 2 is 2.00 bits per heavy atom. The number of hydrogen-bond donors (Lipinski definition) is 1. The molecule has 0 aliphatic heterocycles. The number of nitrogens with one attached hydrogen (secondary N) is 1. The van der Waals surface area contributed by atoms with Crippen LogP contribution in [0.3, 0.4) is 0 Å². The van der Waals surface area contributed by atoms with Crippen LogP contribution >= 0.6 is 0 Å². The highest BCUT2D eigenvalue weighted by Crippen LogP contribution is 2.20. The molecule has 0 unspecified atom stereocenters. The van der Waals surface area contributed by atoms with Gasteiger partial charge in [0.05, 0.1) is 23.7 Å². The predicted molar refractivity (Wildman–Crippen MR) is 71.6 cm³/mol. The number of anilines is 1. The van der Waals surface area contributed by atoms with Crippen LogP contribution in [0.2, 0.25) is 0 Å². The molecule has 4 heteroatoms. The highest BCUT2D eigenvalue weighted by atomic mass is 15.1. The first-order valence-electron chi connectivity index (χ1n) is 5.84. The van der Waals surface area contributed by atoms with Crippen molar-refractivity contribution in [2.24, 2.45) is 0 Å². The molecule has 1 rings (SSSR count). The molecule has 0 fully saturated rings. The summed E-state index contributed by atoms with van der Waals surface area (Å²) in [6, 6.07) is 11.6. The number of nitriles is 2. The zero-order chi connectivity index (χ0) is 13.4. The lowest BCUT2D eigenvalue weighted by Gasteiger charge is -2.24. The van der Waals surface area contributed by atoms with Crippen molar-refractivity contribution in [1.29, 1.82) is 15.9 Å². The molecular formula is C14H16N4. The molecule has 0 aliphatic rings. The van der Waals surface area contributed by atoms with E-state index in [0.717, 1.165) is 5.69 Å². The average Bonchev–Trinajstić information content (AvgIpc) is 2.38. The molecule has 0 saturated heterocycles. The van der Waals surface area contributed by atoms with Crippen LogP contribution in [0, 0.1) is 28.1 Å². The van der Waals surface area contributed by atoms with Crippen molar-refractivity contribution in [2.75, 3.05) is 18.0 Å². The molecular weight excluding hydrogens is 224 g/mol. The van der Waals surface area contributed by atoms with Gasteiger partial charge in [0.1, 0.15) is 6.07 Å². The van der Waals surface area contributed by atoms with Crippen LogP contribution in [-0.4, -0.2) is 18.8 Å². The highest BCUT2D eigenvalue weighted by molar-refractivity contribution is 5.79. The van der Waals surface area contributed by atoms with Gasteiger partial charge < -0.3 is 10.3 Å². The summed E-state index contributed by atoms with van der Waals surface area (Å²) in [6.45, 7) is 3.01. The Morgan fingerprint density at radius 3 is 2.61 bits per heavy atom. The van der Waals surface area contributed by atoms with Crippen LogP contribution in [0.25, 0.3) is 0 Å². The summed E-state index contributed by atoms with van der Waals surface area (Å²) < 4.78 is 0. The van der Waals surface area contributed by atoms with Crippen LogP contribution in [0.4, 0.5) is 5.69 Å². The number of para-hydroxylation sites is 1. The largest absolute Gasteiger partial charge is 0.369 e. The monoisotopic (exact) mass is 240 g/mol. The predicted octanol–water partition coefficient (Wildman–Crippen LogP) is 2.71. The molecule has 4 nitrogen and oxygen atoms in total. The molecule has 0 atom stereocenters. The van der Waals surface area contributed by atoms with E-state index in [0.29, 0.717) is 37.2 Å². The average molecular weight is 240 g/mol. The number of hydrogen-bond acceptors (Lipinski definition) is 4. The van der Waals surface area contributed by atoms with E-state index in [-0.39, 0.29) is 0 Å². The minimum atomic E-state index is 0.414. The molecule has 1 aromatic carbocycles. The minimum Gasteiger partial charge on any atom is -0.369 e. The first-order chi connectivity index (χ1) is 8.69. The summed E-state index contributed by atoms with van der Waals surface area (Å²) >= 11 is 0. The molecule has 0 amide bonds. The maximum atomic E-state index is 9.09. The summed E-state index contributed by atoms with van der Waals surface area (Å²) in [6.07, 6.45) is 1.06. The first kappa shape index (κ1) is 13.7. The molecule has 0 heterocycles. The fourth-order valence-electron chi connectivity index (χ4n) is 1.68. The number of rotatable bonds is 6. The number of benzene rings is 1. The Bertz CT molecular complexity index is 493. The molecule has 1 N–H and O–H groups in total. The standard InChI is InChI=1S/C14H16N4/c1-12(17)7-10-18(9-4-8-15)14-6-3-2-5-13(14)11-16/h2-3,5-6,17H,4,7,9-10H2,1H3. The summed E-state index contributed by atoms with van der Waals surface area (Å²) in [5.41, 5.74) is 2.06. The third kappa shape index (κ3) is 3.92. The lowest BCUT2D eigenvalue weighted by molar-refractivity contribution is 0.800. The van der Waals surface area contributed by atoms with Crippen molar-refractivity contribution in [3.63, 3.8) is 0 Å². The van der Waals surface area contributed by atoms with Gasteiger partial charge in [-0.15, -0.1) is 0 Å². The van der Waals surface area contributed by atoms with E-state index in [9.17, 15) is 0 Å². The number of nitrogens with zero attached hydrogens (tertiary/aromatic N) is 3. The van der Waals surface area contributed by atoms with E-state index >= 15 is 0 Å². The molecule has 0 aliphatic carbocycles. The van der Waals surface area contributed by atoms with Gasteiger partial charge in [-0.25, -0.2) is 0 Å². The van der Waals surface area contributed by atoms with Crippen LogP contribution in [0.15, 0.2) is 24.3 Å². The van der Waals surface area contributed by atoms with E-state index in [1.807, 2.05) is 23.1 Å². The Hall–Kier alpha value is -2.33. The molecule has 0 aromatic heterocycles. The van der Waals surface area contributed by atoms with Crippen molar-refractivity contribution in [2.45, 2.75) is 19.8 Å². The summed E-state index contributed by atoms with van der Waals surface area (Å²) in [4.78, 5) is 2.00. The van der Waals surface area contributed by atoms with Crippen LogP contribution in [-0.2, 0) is 0 Å². The first-order valence-corrected chi connectivity index (χ1v) is 5.84. The normalized spacial score (nSPS) is 9.28. The van der Waals surface area contributed by atoms with Gasteiger partial charge in [-0.3, -0.25) is 0 Å². The fourth-order valence-corrected chi connectivity index (χ4v) is 1.68. The van der Waals surface area contributed by atoms with Crippen LogP contribution < -0.4 is 4.90 Å². The zero-order valence-electron chi connectivity index (χ0n) is 10.5. The van der Waals surface area contributed by atoms with E-state index in [4.69, 9.17) is 15.9 Å². The van der Waals surface area contributed by atoms with Gasteiger partial charge in [-0.2, -0.15) is 10.5 Å². The van der Waals surface area contributed by atoms with Crippen molar-refractivity contribution in [1.82, 2.24) is 0 Å². The molecule has 1 aromatic rings. The molecule has 0 spiro atoms. The summed E-state index contributed by atoms with van der Waals surface area (Å²) in [7, 11) is 0. The quantitative estimate of drug-likeness (QED) is 0.777. The lowest BCUT2D eigenvalue weighted by Crippen LogP contribution is -2.27. The van der Waals surface area contributed by atoms with Gasteiger partial charge in [0.2, 0.25) is 0 Å². The molecule has 0 saturated carbocycles. The maximum absolute atomic E-state index is 9.09. The lowest BCUT2D eigenvalue weighted by atomic mass is 10.1. The Balaban J connectivity index is 2.91. The van der Waals surface area contributed by atoms with E-state index < -0.39 is 0 Å². The van der Waals surface area contributed by atoms with Crippen molar-refractivity contribution >= 4 is 11.4 Å². The van der Waals surface area contributed by atoms with Gasteiger partial charge in [0.25, 0.3) is 0 Å². The van der Waals surface area contributed by atoms with Gasteiger partial charge in [0, 0.05) is 25.2 Å². The van der Waals surface area contributed by atoms with Crippen LogP contribution in [0.5, 0.6) is 0 Å². The molecule has 18 heavy (non-hydrogen) atoms. The highest BCUT2D eigenvalue weighted by Gasteiger charge is 2.10. The maximum Gasteiger partial charge on any atom is 0.101 e. The van der Waals surface area contributed by atoms with Crippen molar-refractivity contribution in [3.05, 3.63) is 29.8 Å². The van der Waals surface area contributed by atoms with Gasteiger partial charge in [0.15, 0.2) is 0 Å². The summed E-state index contributed by atoms with van der Waals surface area (Å²) in [5, 5.41) is 25.2. The second-order valence-electron chi connectivity index (χ2n) is 4.05. The summed E-state index contributed by atoms with van der Waals surface area (Å²) in [5.74, 6) is 0. The SMILES string of the molecule is CC(=N)CCN(CCC#N)c1ccccc1C#N. The van der Waals surface area contributed by atoms with Gasteiger partial charge in [-0.1, -0.05) is 12.1 Å². The Kier molecular flexibility index (Phi) is 5.41. The second kappa shape index (κ2) is 7.09.